The lowest BCUT2D eigenvalue weighted by Gasteiger charge is -2.38. The van der Waals surface area contributed by atoms with Crippen LogP contribution in [0.2, 0.25) is 0 Å². The Kier molecular flexibility index (Phi) is 5.08. The van der Waals surface area contributed by atoms with Crippen LogP contribution in [0.15, 0.2) is 0 Å². The Balaban J connectivity index is 2.83. The van der Waals surface area contributed by atoms with Gasteiger partial charge in [-0.25, -0.2) is 8.42 Å². The number of thioether (sulfide) groups is 1. The molecule has 0 N–H and O–H groups in total. The summed E-state index contributed by atoms with van der Waals surface area (Å²) >= 11 is 1.64. The highest BCUT2D eigenvalue weighted by Gasteiger charge is 2.38. The Bertz CT molecular complexity index is 405. The van der Waals surface area contributed by atoms with Crippen molar-refractivity contribution in [3.05, 3.63) is 0 Å². The quantitative estimate of drug-likeness (QED) is 0.708. The van der Waals surface area contributed by atoms with E-state index in [2.05, 4.69) is 0 Å². The molecule has 0 aromatic carbocycles. The molecule has 1 atom stereocenters. The van der Waals surface area contributed by atoms with Gasteiger partial charge in [-0.3, -0.25) is 9.69 Å². The lowest BCUT2D eigenvalue weighted by atomic mass is 9.93. The van der Waals surface area contributed by atoms with E-state index in [1.165, 1.54) is 13.4 Å². The first-order valence-corrected chi connectivity index (χ1v) is 8.88. The summed E-state index contributed by atoms with van der Waals surface area (Å²) < 4.78 is 28.3. The van der Waals surface area contributed by atoms with Crippen LogP contribution in [-0.4, -0.2) is 62.6 Å². The van der Waals surface area contributed by atoms with Crippen LogP contribution in [0.3, 0.4) is 0 Å². The first kappa shape index (κ1) is 15.8. The maximum absolute atomic E-state index is 11.8. The molecule has 1 aliphatic rings. The monoisotopic (exact) mass is 295 g/mol. The smallest absolute Gasteiger partial charge is 0.312 e. The van der Waals surface area contributed by atoms with Gasteiger partial charge in [0, 0.05) is 30.9 Å². The molecular weight excluding hydrogens is 274 g/mol. The third kappa shape index (κ3) is 3.86. The Morgan fingerprint density at radius 3 is 2.61 bits per heavy atom. The maximum Gasteiger partial charge on any atom is 0.312 e. The van der Waals surface area contributed by atoms with Gasteiger partial charge in [0.2, 0.25) is 0 Å². The summed E-state index contributed by atoms with van der Waals surface area (Å²) in [5, 5.41) is -0.500. The third-order valence-corrected chi connectivity index (χ3v) is 5.71. The average Bonchev–Trinajstić information content (AvgIpc) is 2.26. The second-order valence-corrected chi connectivity index (χ2v) is 8.56. The minimum atomic E-state index is -3.13. The van der Waals surface area contributed by atoms with Crippen LogP contribution in [0, 0.1) is 5.41 Å². The van der Waals surface area contributed by atoms with E-state index < -0.39 is 20.6 Å². The van der Waals surface area contributed by atoms with Crippen molar-refractivity contribution >= 4 is 27.6 Å². The second kappa shape index (κ2) is 5.79. The lowest BCUT2D eigenvalue weighted by molar-refractivity contribution is -0.151. The van der Waals surface area contributed by atoms with E-state index in [0.717, 1.165) is 5.75 Å². The molecule has 1 unspecified atom stereocenters. The lowest BCUT2D eigenvalue weighted by Crippen LogP contribution is -2.51. The molecule has 0 aromatic rings. The number of hydrogen-bond donors (Lipinski definition) is 0. The van der Waals surface area contributed by atoms with E-state index in [1.807, 2.05) is 4.90 Å². The minimum absolute atomic E-state index is 0.312. The number of esters is 1. The zero-order valence-electron chi connectivity index (χ0n) is 11.3. The van der Waals surface area contributed by atoms with Gasteiger partial charge in [0.05, 0.1) is 12.5 Å². The molecule has 0 saturated carbocycles. The van der Waals surface area contributed by atoms with Crippen molar-refractivity contribution in [3.63, 3.8) is 0 Å². The molecule has 106 valence electrons. The number of methoxy groups -OCH3 is 1. The van der Waals surface area contributed by atoms with Crippen LogP contribution < -0.4 is 0 Å². The van der Waals surface area contributed by atoms with Gasteiger partial charge in [0.1, 0.15) is 5.37 Å². The molecule has 5 nitrogen and oxygen atoms in total. The third-order valence-electron chi connectivity index (χ3n) is 3.02. The van der Waals surface area contributed by atoms with Crippen molar-refractivity contribution in [2.24, 2.45) is 5.41 Å². The molecule has 0 spiro atoms. The zero-order chi connectivity index (χ0) is 14.0. The van der Waals surface area contributed by atoms with Crippen LogP contribution in [0.1, 0.15) is 13.8 Å². The second-order valence-electron chi connectivity index (χ2n) is 5.21. The summed E-state index contributed by atoms with van der Waals surface area (Å²) in [5.74, 6) is 1.15. The van der Waals surface area contributed by atoms with Crippen molar-refractivity contribution in [1.82, 2.24) is 4.90 Å². The highest BCUT2D eigenvalue weighted by molar-refractivity contribution is 8.00. The van der Waals surface area contributed by atoms with Crippen molar-refractivity contribution in [2.75, 3.05) is 38.0 Å². The number of carbonyl (C=O) groups excluding carboxylic acids is 1. The largest absolute Gasteiger partial charge is 0.469 e. The maximum atomic E-state index is 11.8. The van der Waals surface area contributed by atoms with E-state index in [0.29, 0.717) is 18.8 Å². The van der Waals surface area contributed by atoms with Crippen molar-refractivity contribution in [2.45, 2.75) is 19.2 Å². The molecule has 0 aliphatic carbocycles. The molecule has 18 heavy (non-hydrogen) atoms. The predicted molar refractivity (Wildman–Crippen MR) is 73.3 cm³/mol. The summed E-state index contributed by atoms with van der Waals surface area (Å²) in [6.07, 6.45) is 1.25. The highest BCUT2D eigenvalue weighted by atomic mass is 32.2. The van der Waals surface area contributed by atoms with Gasteiger partial charge in [-0.05, 0) is 13.8 Å². The highest BCUT2D eigenvalue weighted by Crippen LogP contribution is 2.26. The Labute approximate surface area is 113 Å². The molecule has 1 aliphatic heterocycles. The van der Waals surface area contributed by atoms with E-state index in [4.69, 9.17) is 4.74 Å². The Hall–Kier alpha value is -0.270. The van der Waals surface area contributed by atoms with Gasteiger partial charge < -0.3 is 4.74 Å². The number of rotatable bonds is 4. The molecule has 0 aromatic heterocycles. The SMILES string of the molecule is COC(=O)C(C)(C)CN1CCSCC1S(C)(=O)=O. The van der Waals surface area contributed by atoms with Crippen LogP contribution in [0.4, 0.5) is 0 Å². The van der Waals surface area contributed by atoms with Crippen LogP contribution in [0.25, 0.3) is 0 Å². The van der Waals surface area contributed by atoms with Crippen LogP contribution >= 0.6 is 11.8 Å². The van der Waals surface area contributed by atoms with Gasteiger partial charge in [0.25, 0.3) is 0 Å². The predicted octanol–water partition coefficient (Wildman–Crippen LogP) is 0.605. The molecule has 7 heteroatoms. The first-order chi connectivity index (χ1) is 8.18. The number of nitrogens with zero attached hydrogens (tertiary/aromatic N) is 1. The van der Waals surface area contributed by atoms with Gasteiger partial charge >= 0.3 is 5.97 Å². The van der Waals surface area contributed by atoms with E-state index in [9.17, 15) is 13.2 Å². The average molecular weight is 295 g/mol. The molecule has 0 amide bonds. The van der Waals surface area contributed by atoms with Crippen molar-refractivity contribution in [1.29, 1.82) is 0 Å². The van der Waals surface area contributed by atoms with Crippen molar-refractivity contribution in [3.8, 4) is 0 Å². The molecule has 1 heterocycles. The first-order valence-electron chi connectivity index (χ1n) is 5.77. The van der Waals surface area contributed by atoms with Crippen molar-refractivity contribution < 1.29 is 17.9 Å². The fourth-order valence-electron chi connectivity index (χ4n) is 2.04. The van der Waals surface area contributed by atoms with E-state index in [1.54, 1.807) is 25.6 Å². The summed E-state index contributed by atoms with van der Waals surface area (Å²) in [6, 6.07) is 0. The molecule has 0 radical (unpaired) electrons. The molecule has 1 rings (SSSR count). The number of hydrogen-bond acceptors (Lipinski definition) is 6. The van der Waals surface area contributed by atoms with Gasteiger partial charge in [-0.1, -0.05) is 0 Å². The Morgan fingerprint density at radius 1 is 1.50 bits per heavy atom. The number of sulfone groups is 1. The summed E-state index contributed by atoms with van der Waals surface area (Å²) in [5.41, 5.74) is -0.695. The normalized spacial score (nSPS) is 22.8. The summed E-state index contributed by atoms with van der Waals surface area (Å²) in [6.45, 7) is 4.64. The molecule has 1 saturated heterocycles. The van der Waals surface area contributed by atoms with Gasteiger partial charge in [-0.15, -0.1) is 0 Å². The van der Waals surface area contributed by atoms with E-state index in [-0.39, 0.29) is 5.97 Å². The minimum Gasteiger partial charge on any atom is -0.469 e. The van der Waals surface area contributed by atoms with Gasteiger partial charge in [-0.2, -0.15) is 11.8 Å². The van der Waals surface area contributed by atoms with E-state index >= 15 is 0 Å². The fourth-order valence-corrected chi connectivity index (χ4v) is 4.98. The topological polar surface area (TPSA) is 63.7 Å². The Morgan fingerprint density at radius 2 is 2.11 bits per heavy atom. The number of carbonyl (C=O) groups is 1. The fraction of sp³-hybridized carbons (Fsp3) is 0.909. The molecule has 1 fully saturated rings. The zero-order valence-corrected chi connectivity index (χ0v) is 12.9. The molecular formula is C11H21NO4S2. The molecule has 0 bridgehead atoms. The van der Waals surface area contributed by atoms with Gasteiger partial charge in [0.15, 0.2) is 9.84 Å². The standard InChI is InChI=1S/C11H21NO4S2/c1-11(2,10(13)16-3)8-12-5-6-17-7-9(12)18(4,14)15/h9H,5-8H2,1-4H3. The number of ether oxygens (including phenoxy) is 1. The summed E-state index contributed by atoms with van der Waals surface area (Å²) in [7, 11) is -1.78. The summed E-state index contributed by atoms with van der Waals surface area (Å²) in [4.78, 5) is 13.5. The van der Waals surface area contributed by atoms with Crippen LogP contribution in [0.5, 0.6) is 0 Å². The van der Waals surface area contributed by atoms with Crippen LogP contribution in [-0.2, 0) is 19.4 Å².